The third-order valence-corrected chi connectivity index (χ3v) is 6.36. The fraction of sp³-hybridized carbons (Fsp3) is 0.348. The number of carbonyl (C=O) groups is 1. The van der Waals surface area contributed by atoms with Crippen molar-refractivity contribution in [1.82, 2.24) is 5.32 Å². The second-order valence-electron chi connectivity index (χ2n) is 7.44. The summed E-state index contributed by atoms with van der Waals surface area (Å²) < 4.78 is 33.0. The molecule has 6 nitrogen and oxygen atoms in total. The molecule has 0 unspecified atom stereocenters. The molecule has 1 aliphatic carbocycles. The van der Waals surface area contributed by atoms with Crippen LogP contribution in [0.4, 0.5) is 5.69 Å². The van der Waals surface area contributed by atoms with Gasteiger partial charge in [-0.2, -0.15) is 0 Å². The summed E-state index contributed by atoms with van der Waals surface area (Å²) in [5.41, 5.74) is 2.97. The van der Waals surface area contributed by atoms with Gasteiger partial charge in [-0.3, -0.25) is 9.52 Å². The van der Waals surface area contributed by atoms with Crippen LogP contribution in [0.25, 0.3) is 0 Å². The zero-order valence-electron chi connectivity index (χ0n) is 17.2. The average molecular weight is 429 g/mol. The molecule has 160 valence electrons. The molecular weight excluding hydrogens is 400 g/mol. The first-order chi connectivity index (χ1) is 14.4. The maximum Gasteiger partial charge on any atom is 0.261 e. The van der Waals surface area contributed by atoms with Gasteiger partial charge in [0.1, 0.15) is 5.75 Å². The van der Waals surface area contributed by atoms with Crippen molar-refractivity contribution in [2.75, 3.05) is 17.9 Å². The van der Waals surface area contributed by atoms with Crippen molar-refractivity contribution in [3.05, 3.63) is 65.7 Å². The number of anilines is 1. The normalized spacial score (nSPS) is 14.0. The molecule has 0 aromatic heterocycles. The number of aryl methyl sites for hydroxylation is 1. The van der Waals surface area contributed by atoms with E-state index in [0.717, 1.165) is 24.8 Å². The molecule has 0 radical (unpaired) electrons. The summed E-state index contributed by atoms with van der Waals surface area (Å²) in [4.78, 5) is 12.1. The Morgan fingerprint density at radius 2 is 1.77 bits per heavy atom. The first kappa shape index (κ1) is 21.9. The van der Waals surface area contributed by atoms with Crippen LogP contribution in [0, 0.1) is 6.92 Å². The molecule has 0 atom stereocenters. The van der Waals surface area contributed by atoms with Gasteiger partial charge in [0.05, 0.1) is 4.90 Å². The summed E-state index contributed by atoms with van der Waals surface area (Å²) in [7, 11) is -3.69. The van der Waals surface area contributed by atoms with Crippen molar-refractivity contribution in [1.29, 1.82) is 0 Å². The number of hydrogen-bond acceptors (Lipinski definition) is 4. The van der Waals surface area contributed by atoms with E-state index in [2.05, 4.69) is 16.1 Å². The smallest absolute Gasteiger partial charge is 0.261 e. The fourth-order valence-corrected chi connectivity index (χ4v) is 4.30. The summed E-state index contributed by atoms with van der Waals surface area (Å²) in [5.74, 6) is 0.249. The summed E-state index contributed by atoms with van der Waals surface area (Å²) in [6.07, 6.45) is 7.90. The number of allylic oxidation sites excluding steroid dienone is 1. The second kappa shape index (κ2) is 10.3. The Bertz CT molecular complexity index is 981. The van der Waals surface area contributed by atoms with Gasteiger partial charge in [0, 0.05) is 12.2 Å². The van der Waals surface area contributed by atoms with Crippen molar-refractivity contribution in [2.24, 2.45) is 0 Å². The van der Waals surface area contributed by atoms with Gasteiger partial charge in [-0.05, 0) is 75.4 Å². The predicted octanol–water partition coefficient (Wildman–Crippen LogP) is 4.18. The van der Waals surface area contributed by atoms with Crippen LogP contribution in [0.5, 0.6) is 5.75 Å². The van der Waals surface area contributed by atoms with Gasteiger partial charge in [0.25, 0.3) is 15.9 Å². The van der Waals surface area contributed by atoms with E-state index in [1.165, 1.54) is 30.5 Å². The lowest BCUT2D eigenvalue weighted by atomic mass is 9.97. The van der Waals surface area contributed by atoms with E-state index in [9.17, 15) is 13.2 Å². The highest BCUT2D eigenvalue weighted by Gasteiger charge is 2.14. The molecule has 7 heteroatoms. The lowest BCUT2D eigenvalue weighted by Crippen LogP contribution is -2.30. The van der Waals surface area contributed by atoms with Gasteiger partial charge in [0.2, 0.25) is 0 Å². The standard InChI is InChI=1S/C23H28N2O4S/c1-18-7-9-20(10-8-18)25-30(27,28)22-13-11-21(12-14-22)29-17-23(26)24-16-15-19-5-3-2-4-6-19/h5,7-14,25H,2-4,6,15-17H2,1H3,(H,24,26). The fourth-order valence-electron chi connectivity index (χ4n) is 3.24. The molecule has 2 aromatic carbocycles. The average Bonchev–Trinajstić information content (AvgIpc) is 2.75. The molecule has 0 spiro atoms. The summed E-state index contributed by atoms with van der Waals surface area (Å²) >= 11 is 0. The largest absolute Gasteiger partial charge is 0.484 e. The maximum atomic E-state index is 12.5. The van der Waals surface area contributed by atoms with E-state index in [4.69, 9.17) is 4.74 Å². The van der Waals surface area contributed by atoms with Crippen molar-refractivity contribution < 1.29 is 17.9 Å². The van der Waals surface area contributed by atoms with Crippen LogP contribution in [0.1, 0.15) is 37.7 Å². The van der Waals surface area contributed by atoms with E-state index in [0.29, 0.717) is 18.0 Å². The summed E-state index contributed by atoms with van der Waals surface area (Å²) in [5, 5.41) is 2.86. The molecule has 0 heterocycles. The van der Waals surface area contributed by atoms with Crippen molar-refractivity contribution in [2.45, 2.75) is 43.9 Å². The van der Waals surface area contributed by atoms with Gasteiger partial charge >= 0.3 is 0 Å². The number of hydrogen-bond donors (Lipinski definition) is 2. The predicted molar refractivity (Wildman–Crippen MR) is 118 cm³/mol. The number of sulfonamides is 1. The Balaban J connectivity index is 1.46. The Morgan fingerprint density at radius 1 is 1.03 bits per heavy atom. The highest BCUT2D eigenvalue weighted by atomic mass is 32.2. The van der Waals surface area contributed by atoms with Crippen LogP contribution in [-0.4, -0.2) is 27.5 Å². The zero-order chi connectivity index (χ0) is 21.4. The number of rotatable bonds is 9. The zero-order valence-corrected chi connectivity index (χ0v) is 18.0. The van der Waals surface area contributed by atoms with Gasteiger partial charge in [0.15, 0.2) is 6.61 Å². The molecular formula is C23H28N2O4S. The molecule has 2 N–H and O–H groups in total. The lowest BCUT2D eigenvalue weighted by molar-refractivity contribution is -0.123. The number of ether oxygens (including phenoxy) is 1. The summed E-state index contributed by atoms with van der Waals surface area (Å²) in [6, 6.07) is 13.1. The molecule has 1 amide bonds. The minimum Gasteiger partial charge on any atom is -0.484 e. The van der Waals surface area contributed by atoms with Crippen molar-refractivity contribution in [3.8, 4) is 5.75 Å². The van der Waals surface area contributed by atoms with E-state index in [-0.39, 0.29) is 17.4 Å². The lowest BCUT2D eigenvalue weighted by Gasteiger charge is -2.13. The molecule has 30 heavy (non-hydrogen) atoms. The molecule has 0 fully saturated rings. The molecule has 0 saturated carbocycles. The number of nitrogens with one attached hydrogen (secondary N) is 2. The van der Waals surface area contributed by atoms with Crippen LogP contribution in [-0.2, 0) is 14.8 Å². The van der Waals surface area contributed by atoms with Crippen LogP contribution in [0.15, 0.2) is 65.1 Å². The highest BCUT2D eigenvalue weighted by molar-refractivity contribution is 7.92. The Labute approximate surface area is 178 Å². The summed E-state index contributed by atoms with van der Waals surface area (Å²) in [6.45, 7) is 2.44. The molecule has 0 aliphatic heterocycles. The SMILES string of the molecule is Cc1ccc(NS(=O)(=O)c2ccc(OCC(=O)NCCC3=CCCCC3)cc2)cc1. The third-order valence-electron chi connectivity index (χ3n) is 4.96. The van der Waals surface area contributed by atoms with Gasteiger partial charge in [-0.1, -0.05) is 29.3 Å². The minimum absolute atomic E-state index is 0.104. The maximum absolute atomic E-state index is 12.5. The quantitative estimate of drug-likeness (QED) is 0.587. The molecule has 0 bridgehead atoms. The van der Waals surface area contributed by atoms with Gasteiger partial charge < -0.3 is 10.1 Å². The van der Waals surface area contributed by atoms with E-state index >= 15 is 0 Å². The molecule has 3 rings (SSSR count). The first-order valence-corrected chi connectivity index (χ1v) is 11.7. The minimum atomic E-state index is -3.69. The molecule has 0 saturated heterocycles. The van der Waals surface area contributed by atoms with Crippen LogP contribution >= 0.6 is 0 Å². The van der Waals surface area contributed by atoms with Gasteiger partial charge in [-0.25, -0.2) is 8.42 Å². The highest BCUT2D eigenvalue weighted by Crippen LogP contribution is 2.20. The Hall–Kier alpha value is -2.80. The van der Waals surface area contributed by atoms with Crippen molar-refractivity contribution >= 4 is 21.6 Å². The van der Waals surface area contributed by atoms with Crippen LogP contribution in [0.3, 0.4) is 0 Å². The molecule has 1 aliphatic rings. The van der Waals surface area contributed by atoms with E-state index in [1.54, 1.807) is 24.3 Å². The third kappa shape index (κ3) is 6.62. The van der Waals surface area contributed by atoms with Crippen LogP contribution < -0.4 is 14.8 Å². The van der Waals surface area contributed by atoms with Gasteiger partial charge in [-0.15, -0.1) is 0 Å². The van der Waals surface area contributed by atoms with Crippen molar-refractivity contribution in [3.63, 3.8) is 0 Å². The number of carbonyl (C=O) groups excluding carboxylic acids is 1. The monoisotopic (exact) mass is 428 g/mol. The van der Waals surface area contributed by atoms with Crippen LogP contribution in [0.2, 0.25) is 0 Å². The van der Waals surface area contributed by atoms with E-state index in [1.807, 2.05) is 19.1 Å². The Kier molecular flexibility index (Phi) is 7.52. The second-order valence-corrected chi connectivity index (χ2v) is 9.12. The Morgan fingerprint density at radius 3 is 2.43 bits per heavy atom. The molecule has 2 aromatic rings. The van der Waals surface area contributed by atoms with E-state index < -0.39 is 10.0 Å². The number of benzene rings is 2. The topological polar surface area (TPSA) is 84.5 Å². The number of amides is 1. The first-order valence-electron chi connectivity index (χ1n) is 10.2.